The topological polar surface area (TPSA) is 43.4 Å². The highest BCUT2D eigenvalue weighted by Gasteiger charge is 2.31. The molecule has 0 unspecified atom stereocenters. The minimum Gasteiger partial charge on any atom is -0.449 e. The highest BCUT2D eigenvalue weighted by molar-refractivity contribution is 5.91. The van der Waals surface area contributed by atoms with Crippen LogP contribution in [0.1, 0.15) is 37.9 Å². The second-order valence-electron chi connectivity index (χ2n) is 5.70. The second kappa shape index (κ2) is 5.78. The maximum atomic E-state index is 12.5. The van der Waals surface area contributed by atoms with Gasteiger partial charge in [-0.3, -0.25) is 4.79 Å². The zero-order chi connectivity index (χ0) is 16.5. The van der Waals surface area contributed by atoms with Crippen molar-refractivity contribution in [1.29, 1.82) is 0 Å². The Labute approximate surface area is 139 Å². The van der Waals surface area contributed by atoms with Gasteiger partial charge in [0.05, 0.1) is 5.56 Å². The number of carbonyl (C=O) groups excluding carboxylic acids is 2. The third-order valence-corrected chi connectivity index (χ3v) is 4.28. The first-order valence-corrected chi connectivity index (χ1v) is 7.72. The molecule has 116 valence electrons. The van der Waals surface area contributed by atoms with Crippen LogP contribution >= 0.6 is 0 Å². The molecule has 0 spiro atoms. The van der Waals surface area contributed by atoms with Crippen molar-refractivity contribution in [2.75, 3.05) is 0 Å². The van der Waals surface area contributed by atoms with Crippen molar-refractivity contribution in [2.24, 2.45) is 0 Å². The van der Waals surface area contributed by atoms with E-state index in [1.54, 1.807) is 24.3 Å². The van der Waals surface area contributed by atoms with Crippen molar-refractivity contribution in [3.05, 3.63) is 95.1 Å². The van der Waals surface area contributed by atoms with Gasteiger partial charge in [-0.2, -0.15) is 0 Å². The number of hydrogen-bond donors (Lipinski definition) is 0. The molecule has 3 heteroatoms. The molecule has 1 aliphatic carbocycles. The van der Waals surface area contributed by atoms with Crippen molar-refractivity contribution in [3.63, 3.8) is 0 Å². The zero-order valence-corrected chi connectivity index (χ0v) is 12.8. The Bertz CT molecular complexity index is 880. The molecule has 0 N–H and O–H groups in total. The van der Waals surface area contributed by atoms with E-state index in [0.717, 1.165) is 28.5 Å². The quantitative estimate of drug-likeness (QED) is 0.531. The van der Waals surface area contributed by atoms with Crippen LogP contribution in [0, 0.1) is 0 Å². The highest BCUT2D eigenvalue weighted by Crippen LogP contribution is 2.45. The molecule has 1 aliphatic rings. The van der Waals surface area contributed by atoms with E-state index < -0.39 is 12.1 Å². The number of rotatable bonds is 3. The van der Waals surface area contributed by atoms with Gasteiger partial charge in [-0.1, -0.05) is 60.7 Å². The van der Waals surface area contributed by atoms with E-state index in [9.17, 15) is 9.59 Å². The molecule has 0 atom stereocenters. The van der Waals surface area contributed by atoms with Crippen LogP contribution < -0.4 is 0 Å². The lowest BCUT2D eigenvalue weighted by Gasteiger charge is -2.15. The third kappa shape index (κ3) is 2.31. The lowest BCUT2D eigenvalue weighted by molar-refractivity contribution is 0.0385. The van der Waals surface area contributed by atoms with Gasteiger partial charge in [-0.25, -0.2) is 4.79 Å². The van der Waals surface area contributed by atoms with Crippen molar-refractivity contribution >= 4 is 12.3 Å². The van der Waals surface area contributed by atoms with E-state index in [0.29, 0.717) is 11.1 Å². The summed E-state index contributed by atoms with van der Waals surface area (Å²) < 4.78 is 5.80. The van der Waals surface area contributed by atoms with Crippen molar-refractivity contribution in [3.8, 4) is 11.1 Å². The van der Waals surface area contributed by atoms with Crippen LogP contribution in [0.15, 0.2) is 72.8 Å². The van der Waals surface area contributed by atoms with Gasteiger partial charge in [0, 0.05) is 16.7 Å². The standard InChI is InChI=1S/C21H14O3/c22-13-14-9-11-15(12-10-14)21(23)24-20-18-7-3-1-5-16(18)17-6-2-4-8-19(17)20/h1-13,20H. The molecular formula is C21H14O3. The first-order valence-electron chi connectivity index (χ1n) is 7.72. The maximum absolute atomic E-state index is 12.5. The molecule has 3 aromatic rings. The largest absolute Gasteiger partial charge is 0.449 e. The molecule has 3 aromatic carbocycles. The number of carbonyl (C=O) groups is 2. The summed E-state index contributed by atoms with van der Waals surface area (Å²) in [4.78, 5) is 23.2. The predicted octanol–water partition coefficient (Wildman–Crippen LogP) is 4.43. The summed E-state index contributed by atoms with van der Waals surface area (Å²) in [6.45, 7) is 0. The van der Waals surface area contributed by atoms with Crippen LogP contribution in [0.5, 0.6) is 0 Å². The average molecular weight is 314 g/mol. The smallest absolute Gasteiger partial charge is 0.339 e. The summed E-state index contributed by atoms with van der Waals surface area (Å²) >= 11 is 0. The van der Waals surface area contributed by atoms with E-state index in [-0.39, 0.29) is 0 Å². The number of esters is 1. The molecule has 0 radical (unpaired) electrons. The fraction of sp³-hybridized carbons (Fsp3) is 0.0476. The Kier molecular flexibility index (Phi) is 3.47. The van der Waals surface area contributed by atoms with Gasteiger partial charge in [0.25, 0.3) is 0 Å². The van der Waals surface area contributed by atoms with Crippen LogP contribution in [0.25, 0.3) is 11.1 Å². The van der Waals surface area contributed by atoms with Crippen LogP contribution in [-0.4, -0.2) is 12.3 Å². The number of aldehydes is 1. The molecule has 0 heterocycles. The van der Waals surface area contributed by atoms with Crippen LogP contribution in [0.4, 0.5) is 0 Å². The molecule has 0 saturated heterocycles. The fourth-order valence-electron chi connectivity index (χ4n) is 3.11. The van der Waals surface area contributed by atoms with Crippen molar-refractivity contribution in [2.45, 2.75) is 6.10 Å². The number of ether oxygens (including phenoxy) is 1. The number of fused-ring (bicyclic) bond motifs is 3. The highest BCUT2D eigenvalue weighted by atomic mass is 16.5. The predicted molar refractivity (Wildman–Crippen MR) is 91.0 cm³/mol. The Hall–Kier alpha value is -3.20. The molecule has 0 bridgehead atoms. The van der Waals surface area contributed by atoms with E-state index in [2.05, 4.69) is 0 Å². The van der Waals surface area contributed by atoms with E-state index in [4.69, 9.17) is 4.74 Å². The summed E-state index contributed by atoms with van der Waals surface area (Å²) in [5, 5.41) is 0. The van der Waals surface area contributed by atoms with Gasteiger partial charge < -0.3 is 4.74 Å². The van der Waals surface area contributed by atoms with Crippen LogP contribution in [0.2, 0.25) is 0 Å². The first-order chi connectivity index (χ1) is 11.8. The van der Waals surface area contributed by atoms with Crippen molar-refractivity contribution < 1.29 is 14.3 Å². The molecule has 0 fully saturated rings. The Morgan fingerprint density at radius 3 is 1.88 bits per heavy atom. The van der Waals surface area contributed by atoms with Gasteiger partial charge in [-0.15, -0.1) is 0 Å². The van der Waals surface area contributed by atoms with Gasteiger partial charge in [0.1, 0.15) is 6.29 Å². The van der Waals surface area contributed by atoms with Gasteiger partial charge in [-0.05, 0) is 23.3 Å². The summed E-state index contributed by atoms with van der Waals surface area (Å²) in [5.74, 6) is -0.399. The molecule has 0 aliphatic heterocycles. The zero-order valence-electron chi connectivity index (χ0n) is 12.8. The lowest BCUT2D eigenvalue weighted by Crippen LogP contribution is -2.11. The van der Waals surface area contributed by atoms with Gasteiger partial charge >= 0.3 is 5.97 Å². The third-order valence-electron chi connectivity index (χ3n) is 4.28. The summed E-state index contributed by atoms with van der Waals surface area (Å²) in [7, 11) is 0. The fourth-order valence-corrected chi connectivity index (χ4v) is 3.11. The molecule has 0 saturated carbocycles. The minimum absolute atomic E-state index is 0.399. The molecule has 3 nitrogen and oxygen atoms in total. The normalized spacial score (nSPS) is 12.3. The van der Waals surface area contributed by atoms with E-state index in [1.165, 1.54) is 0 Å². The van der Waals surface area contributed by atoms with Crippen LogP contribution in [0.3, 0.4) is 0 Å². The average Bonchev–Trinajstić information content (AvgIpc) is 2.96. The number of hydrogen-bond acceptors (Lipinski definition) is 3. The van der Waals surface area contributed by atoms with E-state index in [1.807, 2.05) is 48.5 Å². The molecule has 0 aromatic heterocycles. The lowest BCUT2D eigenvalue weighted by atomic mass is 10.1. The summed E-state index contributed by atoms with van der Waals surface area (Å²) in [5.41, 5.74) is 5.16. The van der Waals surface area contributed by atoms with E-state index >= 15 is 0 Å². The monoisotopic (exact) mass is 314 g/mol. The first kappa shape index (κ1) is 14.4. The summed E-state index contributed by atoms with van der Waals surface area (Å²) in [6.07, 6.45) is 0.342. The summed E-state index contributed by atoms with van der Waals surface area (Å²) in [6, 6.07) is 22.4. The Morgan fingerprint density at radius 2 is 1.33 bits per heavy atom. The van der Waals surface area contributed by atoms with Gasteiger partial charge in [0.2, 0.25) is 0 Å². The minimum atomic E-state index is -0.407. The van der Waals surface area contributed by atoms with Crippen molar-refractivity contribution in [1.82, 2.24) is 0 Å². The maximum Gasteiger partial charge on any atom is 0.339 e. The molecular weight excluding hydrogens is 300 g/mol. The molecule has 0 amide bonds. The van der Waals surface area contributed by atoms with Gasteiger partial charge in [0.15, 0.2) is 6.10 Å². The SMILES string of the molecule is O=Cc1ccc(C(=O)OC2c3ccccc3-c3ccccc32)cc1. The van der Waals surface area contributed by atoms with Crippen LogP contribution in [-0.2, 0) is 4.74 Å². The Morgan fingerprint density at radius 1 is 0.792 bits per heavy atom. The Balaban J connectivity index is 1.69. The molecule has 4 rings (SSSR count). The second-order valence-corrected chi connectivity index (χ2v) is 5.70. The number of benzene rings is 3. The molecule has 24 heavy (non-hydrogen) atoms.